The average Bonchev–Trinajstić information content (AvgIpc) is 2.67. The maximum absolute atomic E-state index is 13.3. The van der Waals surface area contributed by atoms with Gasteiger partial charge in [0.15, 0.2) is 0 Å². The molecule has 1 aliphatic heterocycles. The summed E-state index contributed by atoms with van der Waals surface area (Å²) in [5, 5.41) is 0. The second-order valence-electron chi connectivity index (χ2n) is 6.76. The molecule has 0 saturated carbocycles. The van der Waals surface area contributed by atoms with Gasteiger partial charge in [-0.2, -0.15) is 24.9 Å². The number of alkyl halides is 3. The van der Waals surface area contributed by atoms with E-state index in [9.17, 15) is 21.6 Å². The highest BCUT2D eigenvalue weighted by molar-refractivity contribution is 7.99. The molecule has 0 aromatic heterocycles. The number of aryl methyl sites for hydroxylation is 1. The number of hydrogen-bond acceptors (Lipinski definition) is 4. The van der Waals surface area contributed by atoms with Crippen LogP contribution in [0.5, 0.6) is 5.75 Å². The summed E-state index contributed by atoms with van der Waals surface area (Å²) in [7, 11) is -4.19. The zero-order valence-corrected chi connectivity index (χ0v) is 17.7. The molecule has 1 aliphatic rings. The smallest absolute Gasteiger partial charge is 0.416 e. The van der Waals surface area contributed by atoms with Crippen LogP contribution in [-0.4, -0.2) is 32.6 Å². The molecule has 3 rings (SSSR count). The summed E-state index contributed by atoms with van der Waals surface area (Å²) in [4.78, 5) is -0.386. The van der Waals surface area contributed by atoms with Gasteiger partial charge < -0.3 is 4.74 Å². The minimum atomic E-state index is -4.62. The summed E-state index contributed by atoms with van der Waals surface area (Å²) < 4.78 is 73.1. The van der Waals surface area contributed by atoms with Gasteiger partial charge in [-0.1, -0.05) is 19.1 Å². The van der Waals surface area contributed by atoms with Gasteiger partial charge in [-0.15, -0.1) is 0 Å². The molecular formula is C20H22F3NO3S2. The van der Waals surface area contributed by atoms with Gasteiger partial charge in [-0.3, -0.25) is 4.31 Å². The Balaban J connectivity index is 2.01. The molecule has 4 nitrogen and oxygen atoms in total. The summed E-state index contributed by atoms with van der Waals surface area (Å²) >= 11 is 1.72. The first-order chi connectivity index (χ1) is 13.6. The Morgan fingerprint density at radius 3 is 2.66 bits per heavy atom. The second kappa shape index (κ2) is 8.47. The average molecular weight is 446 g/mol. The maximum atomic E-state index is 13.3. The largest absolute Gasteiger partial charge is 0.486 e. The van der Waals surface area contributed by atoms with Crippen LogP contribution in [-0.2, 0) is 16.2 Å². The SMILES string of the molecule is CCSCC[C@H]1CN(S(=O)(=O)c2cccc(C(F)(F)F)c2)c2cc(C)ccc2O1. The molecule has 0 N–H and O–H groups in total. The Bertz CT molecular complexity index is 977. The van der Waals surface area contributed by atoms with Crippen LogP contribution in [0.4, 0.5) is 18.9 Å². The number of hydrogen-bond donors (Lipinski definition) is 0. The standard InChI is InChI=1S/C20H22F3NO3S2/c1-3-28-10-9-16-13-24(18-11-14(2)7-8-19(18)27-16)29(25,26)17-6-4-5-15(12-17)20(21,22)23/h4-8,11-12,16H,3,9-10,13H2,1-2H3/t16-/m0/s1. The van der Waals surface area contributed by atoms with E-state index in [0.717, 1.165) is 29.2 Å². The first kappa shape index (κ1) is 21.8. The number of anilines is 1. The van der Waals surface area contributed by atoms with Crippen LogP contribution in [0.2, 0.25) is 0 Å². The number of nitrogens with zero attached hydrogens (tertiary/aromatic N) is 1. The minimum absolute atomic E-state index is 0.0549. The van der Waals surface area contributed by atoms with Crippen molar-refractivity contribution in [3.63, 3.8) is 0 Å². The third kappa shape index (κ3) is 4.83. The molecule has 0 amide bonds. The quantitative estimate of drug-likeness (QED) is 0.580. The Hall–Kier alpha value is -1.87. The van der Waals surface area contributed by atoms with Crippen LogP contribution in [0.25, 0.3) is 0 Å². The van der Waals surface area contributed by atoms with E-state index in [1.807, 2.05) is 19.9 Å². The predicted octanol–water partition coefficient (Wildman–Crippen LogP) is 5.11. The van der Waals surface area contributed by atoms with E-state index in [1.54, 1.807) is 23.9 Å². The van der Waals surface area contributed by atoms with Gasteiger partial charge >= 0.3 is 6.18 Å². The lowest BCUT2D eigenvalue weighted by Crippen LogP contribution is -2.43. The molecule has 0 aliphatic carbocycles. The number of fused-ring (bicyclic) bond motifs is 1. The minimum Gasteiger partial charge on any atom is -0.486 e. The summed E-state index contributed by atoms with van der Waals surface area (Å²) in [5.41, 5.74) is 0.186. The number of benzene rings is 2. The molecule has 29 heavy (non-hydrogen) atoms. The zero-order valence-electron chi connectivity index (χ0n) is 16.1. The lowest BCUT2D eigenvalue weighted by atomic mass is 10.1. The molecule has 9 heteroatoms. The molecule has 1 heterocycles. The van der Waals surface area contributed by atoms with E-state index in [4.69, 9.17) is 4.74 Å². The van der Waals surface area contributed by atoms with Crippen molar-refractivity contribution in [3.05, 3.63) is 53.6 Å². The molecule has 0 unspecified atom stereocenters. The number of thioether (sulfide) groups is 1. The number of sulfonamides is 1. The summed E-state index contributed by atoms with van der Waals surface area (Å²) in [6, 6.07) is 9.05. The molecule has 2 aromatic carbocycles. The number of rotatable bonds is 6. The van der Waals surface area contributed by atoms with Crippen LogP contribution < -0.4 is 9.04 Å². The van der Waals surface area contributed by atoms with Crippen molar-refractivity contribution < 1.29 is 26.3 Å². The molecule has 0 spiro atoms. The van der Waals surface area contributed by atoms with Gasteiger partial charge in [0.05, 0.1) is 22.7 Å². The lowest BCUT2D eigenvalue weighted by Gasteiger charge is -2.35. The Labute approximate surface area is 173 Å². The van der Waals surface area contributed by atoms with Crippen LogP contribution in [0.1, 0.15) is 24.5 Å². The summed E-state index contributed by atoms with van der Waals surface area (Å²) in [6.45, 7) is 3.91. The van der Waals surface area contributed by atoms with Crippen molar-refractivity contribution in [3.8, 4) is 5.75 Å². The zero-order chi connectivity index (χ0) is 21.2. The molecule has 0 radical (unpaired) electrons. The lowest BCUT2D eigenvalue weighted by molar-refractivity contribution is -0.137. The first-order valence-corrected chi connectivity index (χ1v) is 11.8. The molecular weight excluding hydrogens is 423 g/mol. The van der Waals surface area contributed by atoms with Crippen molar-refractivity contribution in [2.75, 3.05) is 22.4 Å². The fourth-order valence-electron chi connectivity index (χ4n) is 3.12. The maximum Gasteiger partial charge on any atom is 0.416 e. The second-order valence-corrected chi connectivity index (χ2v) is 10.0. The van der Waals surface area contributed by atoms with Gasteiger partial charge in [0, 0.05) is 0 Å². The first-order valence-electron chi connectivity index (χ1n) is 9.18. The molecule has 0 bridgehead atoms. The van der Waals surface area contributed by atoms with E-state index in [-0.39, 0.29) is 17.5 Å². The van der Waals surface area contributed by atoms with Gasteiger partial charge in [0.2, 0.25) is 0 Å². The fourth-order valence-corrected chi connectivity index (χ4v) is 5.38. The van der Waals surface area contributed by atoms with Crippen LogP contribution in [0, 0.1) is 6.92 Å². The van der Waals surface area contributed by atoms with Crippen LogP contribution in [0.3, 0.4) is 0 Å². The van der Waals surface area contributed by atoms with Crippen LogP contribution >= 0.6 is 11.8 Å². The fraction of sp³-hybridized carbons (Fsp3) is 0.400. The highest BCUT2D eigenvalue weighted by Gasteiger charge is 2.36. The van der Waals surface area contributed by atoms with Crippen molar-refractivity contribution in [1.29, 1.82) is 0 Å². The van der Waals surface area contributed by atoms with Gasteiger partial charge in [-0.05, 0) is 60.7 Å². The Morgan fingerprint density at radius 1 is 1.21 bits per heavy atom. The normalized spacial score (nSPS) is 17.0. The van der Waals surface area contributed by atoms with Crippen molar-refractivity contribution in [1.82, 2.24) is 0 Å². The van der Waals surface area contributed by atoms with Crippen molar-refractivity contribution in [2.45, 2.75) is 37.4 Å². The number of halogens is 3. The monoisotopic (exact) mass is 445 g/mol. The summed E-state index contributed by atoms with van der Waals surface area (Å²) in [5.74, 6) is 2.16. The number of ether oxygens (including phenoxy) is 1. The Morgan fingerprint density at radius 2 is 1.97 bits per heavy atom. The third-order valence-electron chi connectivity index (χ3n) is 4.58. The molecule has 2 aromatic rings. The van der Waals surface area contributed by atoms with E-state index >= 15 is 0 Å². The highest BCUT2D eigenvalue weighted by atomic mass is 32.2. The Kier molecular flexibility index (Phi) is 6.38. The molecule has 0 fully saturated rings. The third-order valence-corrected chi connectivity index (χ3v) is 7.29. The van der Waals surface area contributed by atoms with Gasteiger partial charge in [0.25, 0.3) is 10.0 Å². The van der Waals surface area contributed by atoms with Gasteiger partial charge in [-0.25, -0.2) is 8.42 Å². The molecule has 1 atom stereocenters. The van der Waals surface area contributed by atoms with E-state index < -0.39 is 21.8 Å². The van der Waals surface area contributed by atoms with E-state index in [2.05, 4.69) is 0 Å². The van der Waals surface area contributed by atoms with Crippen molar-refractivity contribution >= 4 is 27.5 Å². The predicted molar refractivity (Wildman–Crippen MR) is 109 cm³/mol. The van der Waals surface area contributed by atoms with E-state index in [0.29, 0.717) is 23.9 Å². The topological polar surface area (TPSA) is 46.6 Å². The van der Waals surface area contributed by atoms with Crippen molar-refractivity contribution in [2.24, 2.45) is 0 Å². The summed E-state index contributed by atoms with van der Waals surface area (Å²) in [6.07, 6.45) is -4.35. The highest BCUT2D eigenvalue weighted by Crippen LogP contribution is 2.39. The van der Waals surface area contributed by atoms with E-state index in [1.165, 1.54) is 10.4 Å². The van der Waals surface area contributed by atoms with Gasteiger partial charge in [0.1, 0.15) is 11.9 Å². The molecule has 0 saturated heterocycles. The van der Waals surface area contributed by atoms with Crippen LogP contribution in [0.15, 0.2) is 47.4 Å². The molecule has 158 valence electrons.